The Balaban J connectivity index is 1.47. The topological polar surface area (TPSA) is 77.1 Å². The minimum atomic E-state index is -0.0262. The van der Waals surface area contributed by atoms with E-state index >= 15 is 0 Å². The molecule has 0 N–H and O–H groups in total. The number of likely N-dealkylation sites (tertiary alicyclic amines) is 1. The fraction of sp³-hybridized carbons (Fsp3) is 0.625. The summed E-state index contributed by atoms with van der Waals surface area (Å²) in [4.78, 5) is 19.2. The van der Waals surface area contributed by atoms with Crippen molar-refractivity contribution < 1.29 is 9.32 Å². The van der Waals surface area contributed by atoms with Gasteiger partial charge in [-0.2, -0.15) is 10.1 Å². The van der Waals surface area contributed by atoms with Crippen molar-refractivity contribution in [1.29, 1.82) is 0 Å². The number of amides is 1. The van der Waals surface area contributed by atoms with Gasteiger partial charge in [0.05, 0.1) is 12.2 Å². The van der Waals surface area contributed by atoms with Crippen LogP contribution in [0.2, 0.25) is 0 Å². The van der Waals surface area contributed by atoms with Crippen molar-refractivity contribution in [3.05, 3.63) is 29.7 Å². The summed E-state index contributed by atoms with van der Waals surface area (Å²) in [6.07, 6.45) is 7.42. The van der Waals surface area contributed by atoms with E-state index in [0.717, 1.165) is 37.8 Å². The minimum Gasteiger partial charge on any atom is -0.339 e. The Bertz CT molecular complexity index is 722. The molecule has 0 bridgehead atoms. The van der Waals surface area contributed by atoms with Crippen LogP contribution in [0.25, 0.3) is 0 Å². The maximum atomic E-state index is 12.9. The molecule has 2 aromatic heterocycles. The second-order valence-corrected chi connectivity index (χ2v) is 6.49. The van der Waals surface area contributed by atoms with Crippen LogP contribution in [0.1, 0.15) is 55.4 Å². The van der Waals surface area contributed by atoms with Gasteiger partial charge in [0, 0.05) is 32.1 Å². The molecule has 2 aromatic rings. The summed E-state index contributed by atoms with van der Waals surface area (Å²) in [7, 11) is 1.90. The second-order valence-electron chi connectivity index (χ2n) is 6.49. The van der Waals surface area contributed by atoms with Crippen LogP contribution < -0.4 is 0 Å². The highest BCUT2D eigenvalue weighted by Gasteiger charge is 2.48. The largest absolute Gasteiger partial charge is 0.339 e. The summed E-state index contributed by atoms with van der Waals surface area (Å²) in [6.45, 7) is 2.77. The van der Waals surface area contributed by atoms with E-state index in [9.17, 15) is 4.79 Å². The molecule has 3 atom stereocenters. The number of carbonyl (C=O) groups is 1. The summed E-state index contributed by atoms with van der Waals surface area (Å²) in [5.74, 6) is 1.92. The zero-order valence-corrected chi connectivity index (χ0v) is 13.5. The summed E-state index contributed by atoms with van der Waals surface area (Å²) in [5.41, 5.74) is 1.16. The van der Waals surface area contributed by atoms with E-state index < -0.39 is 0 Å². The summed E-state index contributed by atoms with van der Waals surface area (Å²) in [5, 5.41) is 8.27. The van der Waals surface area contributed by atoms with Gasteiger partial charge in [0.25, 0.3) is 0 Å². The fourth-order valence-corrected chi connectivity index (χ4v) is 3.53. The molecule has 2 aliphatic rings. The van der Waals surface area contributed by atoms with Gasteiger partial charge in [-0.15, -0.1) is 0 Å². The summed E-state index contributed by atoms with van der Waals surface area (Å²) < 4.78 is 7.00. The first-order chi connectivity index (χ1) is 11.2. The molecule has 1 aliphatic carbocycles. The first-order valence-corrected chi connectivity index (χ1v) is 8.29. The maximum Gasteiger partial charge on any atom is 0.226 e. The van der Waals surface area contributed by atoms with Gasteiger partial charge in [0.2, 0.25) is 11.8 Å². The van der Waals surface area contributed by atoms with Crippen LogP contribution in [0, 0.1) is 5.92 Å². The lowest BCUT2D eigenvalue weighted by Gasteiger charge is -2.22. The first kappa shape index (κ1) is 14.4. The van der Waals surface area contributed by atoms with Crippen molar-refractivity contribution in [3.8, 4) is 0 Å². The third kappa shape index (κ3) is 2.54. The third-order valence-electron chi connectivity index (χ3n) is 4.88. The molecule has 23 heavy (non-hydrogen) atoms. The molecule has 7 heteroatoms. The zero-order valence-electron chi connectivity index (χ0n) is 13.5. The SMILES string of the molecule is CCc1nc([C@@H]2CCCN2C(=O)[C@@H]2C[C@H]2c2cnn(C)c2)no1. The number of carbonyl (C=O) groups excluding carboxylic acids is 1. The number of hydrogen-bond acceptors (Lipinski definition) is 5. The average Bonchev–Trinajstić information content (AvgIpc) is 2.96. The van der Waals surface area contributed by atoms with E-state index in [2.05, 4.69) is 15.2 Å². The van der Waals surface area contributed by atoms with Gasteiger partial charge >= 0.3 is 0 Å². The highest BCUT2D eigenvalue weighted by atomic mass is 16.5. The van der Waals surface area contributed by atoms with Crippen LogP contribution in [0.3, 0.4) is 0 Å². The number of hydrogen-bond donors (Lipinski definition) is 0. The fourth-order valence-electron chi connectivity index (χ4n) is 3.53. The molecule has 7 nitrogen and oxygen atoms in total. The van der Waals surface area contributed by atoms with Gasteiger partial charge in [0.1, 0.15) is 0 Å². The van der Waals surface area contributed by atoms with E-state index in [0.29, 0.717) is 17.6 Å². The Morgan fingerprint density at radius 3 is 3.04 bits per heavy atom. The van der Waals surface area contributed by atoms with Crippen molar-refractivity contribution in [3.63, 3.8) is 0 Å². The number of rotatable bonds is 4. The lowest BCUT2D eigenvalue weighted by Crippen LogP contribution is -2.32. The minimum absolute atomic E-state index is 0.0262. The van der Waals surface area contributed by atoms with Crippen LogP contribution in [-0.4, -0.2) is 37.3 Å². The van der Waals surface area contributed by atoms with Crippen molar-refractivity contribution in [2.45, 2.75) is 44.6 Å². The molecule has 3 heterocycles. The molecule has 4 rings (SSSR count). The molecule has 1 saturated heterocycles. The third-order valence-corrected chi connectivity index (χ3v) is 4.88. The highest BCUT2D eigenvalue weighted by Crippen LogP contribution is 2.49. The Hall–Kier alpha value is -2.18. The van der Waals surface area contributed by atoms with E-state index in [1.807, 2.05) is 31.3 Å². The second kappa shape index (κ2) is 5.47. The molecule has 2 fully saturated rings. The maximum absolute atomic E-state index is 12.9. The average molecular weight is 315 g/mol. The Kier molecular flexibility index (Phi) is 3.43. The van der Waals surface area contributed by atoms with Crippen molar-refractivity contribution in [1.82, 2.24) is 24.8 Å². The van der Waals surface area contributed by atoms with Crippen molar-refractivity contribution in [2.24, 2.45) is 13.0 Å². The lowest BCUT2D eigenvalue weighted by molar-refractivity contribution is -0.133. The van der Waals surface area contributed by atoms with Gasteiger partial charge in [0.15, 0.2) is 5.82 Å². The van der Waals surface area contributed by atoms with Crippen molar-refractivity contribution in [2.75, 3.05) is 6.54 Å². The standard InChI is InChI=1S/C16H21N5O2/c1-3-14-18-15(19-23-14)13-5-4-6-21(13)16(22)12-7-11(12)10-8-17-20(2)9-10/h8-9,11-13H,3-7H2,1-2H3/t11-,12+,13-/m0/s1. The van der Waals surface area contributed by atoms with Gasteiger partial charge in [-0.05, 0) is 30.7 Å². The Morgan fingerprint density at radius 2 is 2.35 bits per heavy atom. The molecule has 0 spiro atoms. The summed E-state index contributed by atoms with van der Waals surface area (Å²) >= 11 is 0. The predicted molar refractivity (Wildman–Crippen MR) is 81.4 cm³/mol. The van der Waals surface area contributed by atoms with Crippen LogP contribution in [-0.2, 0) is 18.3 Å². The quantitative estimate of drug-likeness (QED) is 0.860. The smallest absolute Gasteiger partial charge is 0.226 e. The Morgan fingerprint density at radius 1 is 1.48 bits per heavy atom. The summed E-state index contributed by atoms with van der Waals surface area (Å²) in [6, 6.07) is -0.0262. The van der Waals surface area contributed by atoms with Crippen LogP contribution in [0.5, 0.6) is 0 Å². The van der Waals surface area contributed by atoms with Gasteiger partial charge in [-0.1, -0.05) is 12.1 Å². The zero-order chi connectivity index (χ0) is 16.0. The van der Waals surface area contributed by atoms with Crippen LogP contribution in [0.15, 0.2) is 16.9 Å². The van der Waals surface area contributed by atoms with Crippen LogP contribution in [0.4, 0.5) is 0 Å². The van der Waals surface area contributed by atoms with Crippen LogP contribution >= 0.6 is 0 Å². The van der Waals surface area contributed by atoms with Gasteiger partial charge < -0.3 is 9.42 Å². The molecular weight excluding hydrogens is 294 g/mol. The lowest BCUT2D eigenvalue weighted by atomic mass is 10.1. The molecule has 122 valence electrons. The molecular formula is C16H21N5O2. The Labute approximate surface area is 134 Å². The normalized spacial score (nSPS) is 26.7. The van der Waals surface area contributed by atoms with E-state index in [4.69, 9.17) is 4.52 Å². The van der Waals surface area contributed by atoms with Crippen molar-refractivity contribution >= 4 is 5.91 Å². The molecule has 0 aromatic carbocycles. The molecule has 1 saturated carbocycles. The predicted octanol–water partition coefficient (Wildman–Crippen LogP) is 1.83. The van der Waals surface area contributed by atoms with E-state index in [1.54, 1.807) is 4.68 Å². The monoisotopic (exact) mass is 315 g/mol. The van der Waals surface area contributed by atoms with Gasteiger partial charge in [-0.25, -0.2) is 0 Å². The number of aromatic nitrogens is 4. The molecule has 1 aliphatic heterocycles. The highest BCUT2D eigenvalue weighted by molar-refractivity contribution is 5.83. The van der Waals surface area contributed by atoms with E-state index in [1.165, 1.54) is 0 Å². The molecule has 0 radical (unpaired) electrons. The number of nitrogens with zero attached hydrogens (tertiary/aromatic N) is 5. The number of aryl methyl sites for hydroxylation is 2. The van der Waals surface area contributed by atoms with Gasteiger partial charge in [-0.3, -0.25) is 9.48 Å². The van der Waals surface area contributed by atoms with E-state index in [-0.39, 0.29) is 17.9 Å². The molecule has 0 unspecified atom stereocenters. The molecule has 1 amide bonds. The first-order valence-electron chi connectivity index (χ1n) is 8.29.